The van der Waals surface area contributed by atoms with Crippen LogP contribution < -0.4 is 0 Å². The zero-order chi connectivity index (χ0) is 8.53. The van der Waals surface area contributed by atoms with E-state index in [1.165, 1.54) is 12.2 Å². The molecule has 0 aliphatic rings. The zero-order valence-electron chi connectivity index (χ0n) is 6.49. The maximum atomic E-state index is 10.6. The Hall–Kier alpha value is -1.37. The summed E-state index contributed by atoms with van der Waals surface area (Å²) >= 11 is 0. The van der Waals surface area contributed by atoms with Crippen molar-refractivity contribution in [3.05, 3.63) is 49.6 Å². The van der Waals surface area contributed by atoms with Crippen molar-refractivity contribution < 1.29 is 4.79 Å². The van der Waals surface area contributed by atoms with Gasteiger partial charge < -0.3 is 0 Å². The van der Waals surface area contributed by atoms with Crippen molar-refractivity contribution >= 4 is 5.78 Å². The SMILES string of the molecule is C=CC=CCC=CC(=O)C=C. The van der Waals surface area contributed by atoms with Crippen LogP contribution in [-0.2, 0) is 4.79 Å². The Labute approximate surface area is 67.4 Å². The molecular formula is C10H12O. The summed E-state index contributed by atoms with van der Waals surface area (Å²) in [7, 11) is 0. The molecule has 0 unspecified atom stereocenters. The van der Waals surface area contributed by atoms with Crippen LogP contribution in [0.1, 0.15) is 6.42 Å². The Morgan fingerprint density at radius 3 is 2.55 bits per heavy atom. The highest BCUT2D eigenvalue weighted by molar-refractivity contribution is 5.98. The Balaban J connectivity index is 3.60. The number of ketones is 1. The van der Waals surface area contributed by atoms with E-state index in [0.29, 0.717) is 0 Å². The van der Waals surface area contributed by atoms with Crippen molar-refractivity contribution in [2.75, 3.05) is 0 Å². The minimum Gasteiger partial charge on any atom is -0.290 e. The molecule has 1 heteroatoms. The predicted molar refractivity (Wildman–Crippen MR) is 48.3 cm³/mol. The molecule has 0 bridgehead atoms. The van der Waals surface area contributed by atoms with Gasteiger partial charge in [-0.2, -0.15) is 0 Å². The van der Waals surface area contributed by atoms with E-state index in [1.54, 1.807) is 12.2 Å². The lowest BCUT2D eigenvalue weighted by Crippen LogP contribution is -1.81. The van der Waals surface area contributed by atoms with Crippen molar-refractivity contribution in [3.8, 4) is 0 Å². The second-order valence-electron chi connectivity index (χ2n) is 1.91. The molecule has 0 aliphatic heterocycles. The smallest absolute Gasteiger partial charge is 0.177 e. The van der Waals surface area contributed by atoms with Gasteiger partial charge in [0.15, 0.2) is 5.78 Å². The topological polar surface area (TPSA) is 17.1 Å². The highest BCUT2D eigenvalue weighted by Crippen LogP contribution is 1.87. The largest absolute Gasteiger partial charge is 0.290 e. The molecule has 0 aromatic rings. The van der Waals surface area contributed by atoms with Crippen LogP contribution in [0.15, 0.2) is 49.6 Å². The van der Waals surface area contributed by atoms with Gasteiger partial charge in [0.05, 0.1) is 0 Å². The van der Waals surface area contributed by atoms with Gasteiger partial charge in [-0.1, -0.05) is 37.5 Å². The predicted octanol–water partition coefficient (Wildman–Crippen LogP) is 2.43. The third-order valence-corrected chi connectivity index (χ3v) is 1.03. The van der Waals surface area contributed by atoms with Crippen molar-refractivity contribution in [1.82, 2.24) is 0 Å². The summed E-state index contributed by atoms with van der Waals surface area (Å²) in [4.78, 5) is 10.6. The molecule has 0 saturated carbocycles. The highest BCUT2D eigenvalue weighted by Gasteiger charge is 1.81. The summed E-state index contributed by atoms with van der Waals surface area (Å²) in [6.07, 6.45) is 10.8. The van der Waals surface area contributed by atoms with E-state index in [-0.39, 0.29) is 5.78 Å². The molecule has 1 nitrogen and oxygen atoms in total. The Morgan fingerprint density at radius 2 is 2.00 bits per heavy atom. The molecule has 11 heavy (non-hydrogen) atoms. The van der Waals surface area contributed by atoms with Gasteiger partial charge in [-0.25, -0.2) is 0 Å². The lowest BCUT2D eigenvalue weighted by Gasteiger charge is -1.79. The molecule has 0 aromatic heterocycles. The first-order chi connectivity index (χ1) is 5.31. The normalized spacial score (nSPS) is 10.5. The van der Waals surface area contributed by atoms with Crippen molar-refractivity contribution in [2.24, 2.45) is 0 Å². The van der Waals surface area contributed by atoms with Crippen molar-refractivity contribution in [1.29, 1.82) is 0 Å². The fourth-order valence-corrected chi connectivity index (χ4v) is 0.506. The first kappa shape index (κ1) is 9.63. The molecule has 0 saturated heterocycles. The summed E-state index contributed by atoms with van der Waals surface area (Å²) in [6.45, 7) is 6.86. The molecule has 0 rings (SSSR count). The molecule has 0 radical (unpaired) electrons. The van der Waals surface area contributed by atoms with Crippen LogP contribution in [0.3, 0.4) is 0 Å². The molecule has 0 amide bonds. The fraction of sp³-hybridized carbons (Fsp3) is 0.100. The van der Waals surface area contributed by atoms with E-state index >= 15 is 0 Å². The monoisotopic (exact) mass is 148 g/mol. The van der Waals surface area contributed by atoms with Gasteiger partial charge in [-0.3, -0.25) is 4.79 Å². The average molecular weight is 148 g/mol. The molecule has 0 heterocycles. The number of carbonyl (C=O) groups excluding carboxylic acids is 1. The van der Waals surface area contributed by atoms with E-state index in [9.17, 15) is 4.79 Å². The van der Waals surface area contributed by atoms with Gasteiger partial charge in [-0.15, -0.1) is 0 Å². The van der Waals surface area contributed by atoms with Crippen LogP contribution in [0.25, 0.3) is 0 Å². The number of carbonyl (C=O) groups is 1. The van der Waals surface area contributed by atoms with Crippen LogP contribution in [0, 0.1) is 0 Å². The van der Waals surface area contributed by atoms with Gasteiger partial charge in [0, 0.05) is 0 Å². The molecule has 0 aromatic carbocycles. The van der Waals surface area contributed by atoms with E-state index in [0.717, 1.165) is 6.42 Å². The van der Waals surface area contributed by atoms with Crippen molar-refractivity contribution in [3.63, 3.8) is 0 Å². The molecule has 58 valence electrons. The summed E-state index contributed by atoms with van der Waals surface area (Å²) in [5.41, 5.74) is 0. The summed E-state index contributed by atoms with van der Waals surface area (Å²) in [5, 5.41) is 0. The summed E-state index contributed by atoms with van der Waals surface area (Å²) < 4.78 is 0. The van der Waals surface area contributed by atoms with Crippen LogP contribution in [0.5, 0.6) is 0 Å². The van der Waals surface area contributed by atoms with Crippen molar-refractivity contribution in [2.45, 2.75) is 6.42 Å². The molecule has 0 fully saturated rings. The van der Waals surface area contributed by atoms with Crippen LogP contribution in [0.2, 0.25) is 0 Å². The second kappa shape index (κ2) is 6.75. The molecule has 0 aliphatic carbocycles. The van der Waals surface area contributed by atoms with E-state index in [4.69, 9.17) is 0 Å². The standard InChI is InChI=1S/C10H12O/c1-3-5-6-7-8-9-10(11)4-2/h3-6,8-9H,1-2,7H2. The third kappa shape index (κ3) is 6.52. The van der Waals surface area contributed by atoms with E-state index in [2.05, 4.69) is 13.2 Å². The third-order valence-electron chi connectivity index (χ3n) is 1.03. The summed E-state index contributed by atoms with van der Waals surface area (Å²) in [5.74, 6) is -0.0583. The number of rotatable bonds is 5. The van der Waals surface area contributed by atoms with Gasteiger partial charge >= 0.3 is 0 Å². The minimum atomic E-state index is -0.0583. The zero-order valence-corrected chi connectivity index (χ0v) is 6.49. The fourth-order valence-electron chi connectivity index (χ4n) is 0.506. The van der Waals surface area contributed by atoms with Gasteiger partial charge in [0.2, 0.25) is 0 Å². The maximum Gasteiger partial charge on any atom is 0.177 e. The lowest BCUT2D eigenvalue weighted by atomic mass is 10.3. The van der Waals surface area contributed by atoms with E-state index in [1.807, 2.05) is 12.2 Å². The average Bonchev–Trinajstić information content (AvgIpc) is 2.04. The molecular weight excluding hydrogens is 136 g/mol. The lowest BCUT2D eigenvalue weighted by molar-refractivity contribution is -0.110. The van der Waals surface area contributed by atoms with Gasteiger partial charge in [0.25, 0.3) is 0 Å². The van der Waals surface area contributed by atoms with E-state index < -0.39 is 0 Å². The first-order valence-electron chi connectivity index (χ1n) is 3.41. The Bertz CT molecular complexity index is 197. The van der Waals surface area contributed by atoms with Crippen LogP contribution in [-0.4, -0.2) is 5.78 Å². The molecule has 0 N–H and O–H groups in total. The Kier molecular flexibility index (Phi) is 5.91. The molecule has 0 atom stereocenters. The van der Waals surface area contributed by atoms with Crippen LogP contribution in [0.4, 0.5) is 0 Å². The minimum absolute atomic E-state index is 0.0583. The van der Waals surface area contributed by atoms with Gasteiger partial charge in [-0.05, 0) is 18.6 Å². The number of allylic oxidation sites excluding steroid dienone is 6. The van der Waals surface area contributed by atoms with Gasteiger partial charge in [0.1, 0.15) is 0 Å². The molecule has 0 spiro atoms. The highest BCUT2D eigenvalue weighted by atomic mass is 16.1. The number of hydrogen-bond donors (Lipinski definition) is 0. The quantitative estimate of drug-likeness (QED) is 0.432. The second-order valence-corrected chi connectivity index (χ2v) is 1.91. The van der Waals surface area contributed by atoms with Crippen LogP contribution >= 0.6 is 0 Å². The number of hydrogen-bond acceptors (Lipinski definition) is 1. The first-order valence-corrected chi connectivity index (χ1v) is 3.41. The summed E-state index contributed by atoms with van der Waals surface area (Å²) in [6, 6.07) is 0. The maximum absolute atomic E-state index is 10.6. The Morgan fingerprint density at radius 1 is 1.27 bits per heavy atom.